The molecule has 0 aromatic carbocycles. The third kappa shape index (κ3) is 3.10. The molecular weight excluding hydrogens is 484 g/mol. The zero-order valence-corrected chi connectivity index (χ0v) is 16.0. The Kier molecular flexibility index (Phi) is 5.87. The number of hydrogen-bond acceptors (Lipinski definition) is 9. The zero-order valence-electron chi connectivity index (χ0n) is 13.8. The molecule has 13 heteroatoms. The molecule has 11 nitrogen and oxygen atoms in total. The summed E-state index contributed by atoms with van der Waals surface area (Å²) in [6.45, 7) is -1.38. The Balaban J connectivity index is 2.11. The highest BCUT2D eigenvalue weighted by atomic mass is 127. The Morgan fingerprint density at radius 1 is 1.11 bits per heavy atom. The maximum absolute atomic E-state index is 14.9. The van der Waals surface area contributed by atoms with Crippen LogP contribution in [0.2, 0.25) is 0 Å². The lowest BCUT2D eigenvalue weighted by Gasteiger charge is -2.41. The Morgan fingerprint density at radius 3 is 2.19 bits per heavy atom. The third-order valence-corrected chi connectivity index (χ3v) is 5.78. The number of halogens is 2. The highest BCUT2D eigenvalue weighted by Gasteiger charge is 2.67. The molecule has 0 aromatic heterocycles. The summed E-state index contributed by atoms with van der Waals surface area (Å²) in [5.41, 5.74) is 5.64. The van der Waals surface area contributed by atoms with Gasteiger partial charge in [-0.15, -0.1) is 4.99 Å². The topological polar surface area (TPSA) is 175 Å². The molecule has 7 N–H and O–H groups in total. The van der Waals surface area contributed by atoms with Crippen LogP contribution in [-0.2, 0) is 9.47 Å². The highest BCUT2D eigenvalue weighted by molar-refractivity contribution is 14.1. The van der Waals surface area contributed by atoms with Crippen molar-refractivity contribution in [1.29, 1.82) is 0 Å². The largest absolute Gasteiger partial charge is 0.453 e. The van der Waals surface area contributed by atoms with E-state index in [0.29, 0.717) is 0 Å². The van der Waals surface area contributed by atoms with Crippen LogP contribution >= 0.6 is 22.6 Å². The van der Waals surface area contributed by atoms with Gasteiger partial charge in [-0.2, -0.15) is 4.48 Å². The number of aliphatic hydroxyl groups excluding tert-OH is 5. The molecule has 0 saturated carbocycles. The number of amides is 2. The van der Waals surface area contributed by atoms with E-state index in [4.69, 9.17) is 15.2 Å². The summed E-state index contributed by atoms with van der Waals surface area (Å²) in [7, 11) is 0. The lowest BCUT2D eigenvalue weighted by atomic mass is 10.1. The number of ether oxygens (including phenoxy) is 2. The molecule has 0 unspecified atom stereocenters. The van der Waals surface area contributed by atoms with Gasteiger partial charge >= 0.3 is 6.03 Å². The highest BCUT2D eigenvalue weighted by Crippen LogP contribution is 2.42. The molecule has 3 aliphatic rings. The lowest BCUT2D eigenvalue weighted by molar-refractivity contribution is -0.902. The quantitative estimate of drug-likeness (QED) is 0.178. The Hall–Kier alpha value is -0.780. The molecule has 2 fully saturated rings. The normalized spacial score (nSPS) is 47.9. The predicted molar refractivity (Wildman–Crippen MR) is 93.8 cm³/mol. The molecule has 0 radical (unpaired) electrons. The van der Waals surface area contributed by atoms with Crippen LogP contribution in [0.4, 0.5) is 9.18 Å². The number of carbonyl (C=O) groups is 1. The average molecular weight is 504 g/mol. The number of amidine groups is 1. The van der Waals surface area contributed by atoms with Crippen molar-refractivity contribution in [2.45, 2.75) is 49.1 Å². The molecule has 2 saturated heterocycles. The van der Waals surface area contributed by atoms with Gasteiger partial charge in [0.25, 0.3) is 0 Å². The van der Waals surface area contributed by atoms with Gasteiger partial charge in [-0.05, 0) is 22.6 Å². The van der Waals surface area contributed by atoms with Crippen LogP contribution in [0.1, 0.15) is 0 Å². The van der Waals surface area contributed by atoms with Crippen LogP contribution in [0.5, 0.6) is 0 Å². The second-order valence-electron chi connectivity index (χ2n) is 6.50. The van der Waals surface area contributed by atoms with Gasteiger partial charge in [-0.25, -0.2) is 9.18 Å². The van der Waals surface area contributed by atoms with Crippen molar-refractivity contribution in [2.75, 3.05) is 13.2 Å². The molecule has 9 atom stereocenters. The van der Waals surface area contributed by atoms with Crippen LogP contribution in [-0.4, -0.2) is 104 Å². The van der Waals surface area contributed by atoms with Gasteiger partial charge in [-0.3, -0.25) is 0 Å². The maximum atomic E-state index is 14.9. The molecule has 152 valence electrons. The van der Waals surface area contributed by atoms with Crippen molar-refractivity contribution >= 4 is 34.5 Å². The number of carbonyl (C=O) groups excluding carboxylic acids is 1. The van der Waals surface area contributed by atoms with E-state index in [9.17, 15) is 34.7 Å². The average Bonchev–Trinajstić information content (AvgIpc) is 3.09. The second-order valence-corrected chi connectivity index (χ2v) is 7.66. The monoisotopic (exact) mass is 504 g/mol. The molecule has 27 heavy (non-hydrogen) atoms. The first-order valence-electron chi connectivity index (χ1n) is 8.05. The molecule has 3 rings (SSSR count). The number of aliphatic imine (C=N–C) groups is 1. The van der Waals surface area contributed by atoms with Crippen molar-refractivity contribution in [2.24, 2.45) is 10.7 Å². The Morgan fingerprint density at radius 2 is 1.67 bits per heavy atom. The van der Waals surface area contributed by atoms with E-state index in [0.717, 1.165) is 6.20 Å². The Bertz CT molecular complexity index is 649. The summed E-state index contributed by atoms with van der Waals surface area (Å²) >= 11 is 1.74. The number of nitrogens with zero attached hydrogens (tertiary/aromatic N) is 2. The van der Waals surface area contributed by atoms with Gasteiger partial charge in [0.1, 0.15) is 34.2 Å². The molecule has 0 aromatic rings. The fourth-order valence-electron chi connectivity index (χ4n) is 3.49. The van der Waals surface area contributed by atoms with Gasteiger partial charge in [0, 0.05) is 0 Å². The number of quaternary nitrogens is 1. The lowest BCUT2D eigenvalue weighted by Crippen LogP contribution is -2.67. The SMILES string of the molecule is NC1=NC(=O)[N@+]([C@@H]2O[C@H](CO)[C@@H](O)[C@@H]2O)([C@@H]2O[C@H](CO)[C@@H](O)[C@H]2F)C=C1I. The third-order valence-electron chi connectivity index (χ3n) is 4.95. The van der Waals surface area contributed by atoms with Crippen LogP contribution in [0.25, 0.3) is 0 Å². The van der Waals surface area contributed by atoms with E-state index in [-0.39, 0.29) is 9.42 Å². The molecular formula is C14H20FIN3O8+. The minimum absolute atomic E-state index is 0.145. The van der Waals surface area contributed by atoms with Crippen molar-refractivity contribution in [1.82, 2.24) is 0 Å². The first-order valence-corrected chi connectivity index (χ1v) is 9.13. The van der Waals surface area contributed by atoms with Crippen LogP contribution in [0.15, 0.2) is 14.8 Å². The molecule has 0 bridgehead atoms. The van der Waals surface area contributed by atoms with Crippen molar-refractivity contribution in [3.63, 3.8) is 0 Å². The molecule has 3 heterocycles. The predicted octanol–water partition coefficient (Wildman–Crippen LogP) is -2.57. The number of hydrogen-bond donors (Lipinski definition) is 6. The van der Waals surface area contributed by atoms with E-state index in [2.05, 4.69) is 4.99 Å². The van der Waals surface area contributed by atoms with Gasteiger partial charge in [-0.1, -0.05) is 0 Å². The molecule has 0 spiro atoms. The van der Waals surface area contributed by atoms with E-state index >= 15 is 0 Å². The van der Waals surface area contributed by atoms with Crippen LogP contribution in [0, 0.1) is 0 Å². The van der Waals surface area contributed by atoms with Gasteiger partial charge in [0.2, 0.25) is 18.6 Å². The number of rotatable bonds is 4. The first kappa shape index (κ1) is 20.9. The standard InChI is InChI=1S/C14H19FIN3O8/c15-7-8(22)5(2-20)26-12(7)19(1-4(16)11(17)18-14(19)25)13-10(24)9(23)6(3-21)27-13/h1,5-10,12-13,20-24H,2-3H2,(H-,17,18,25)/p+1/t5-,6-,7-,8-,9-,10+,12-,13-,19+/m1/s1. The van der Waals surface area contributed by atoms with Crippen molar-refractivity contribution < 1.29 is 48.7 Å². The number of aliphatic hydroxyl groups is 5. The molecule has 2 amide bonds. The van der Waals surface area contributed by atoms with E-state index in [1.165, 1.54) is 0 Å². The summed E-state index contributed by atoms with van der Waals surface area (Å²) in [5, 5.41) is 49.1. The fraction of sp³-hybridized carbons (Fsp3) is 0.714. The maximum Gasteiger partial charge on any atom is 0.453 e. The van der Waals surface area contributed by atoms with Crippen LogP contribution in [0.3, 0.4) is 0 Å². The molecule has 3 aliphatic heterocycles. The summed E-state index contributed by atoms with van der Waals surface area (Å²) < 4.78 is 24.7. The Labute approximate surface area is 166 Å². The summed E-state index contributed by atoms with van der Waals surface area (Å²) in [4.78, 5) is 16.5. The summed E-state index contributed by atoms with van der Waals surface area (Å²) in [6.07, 6.45) is -11.9. The number of nitrogens with two attached hydrogens (primary N) is 1. The minimum Gasteiger partial charge on any atom is -0.394 e. The van der Waals surface area contributed by atoms with Crippen molar-refractivity contribution in [3.05, 3.63) is 9.78 Å². The smallest absolute Gasteiger partial charge is 0.394 e. The van der Waals surface area contributed by atoms with E-state index < -0.39 is 72.9 Å². The number of urea groups is 1. The summed E-state index contributed by atoms with van der Waals surface area (Å²) in [6, 6.07) is -1.05. The fourth-order valence-corrected chi connectivity index (χ4v) is 4.07. The van der Waals surface area contributed by atoms with Gasteiger partial charge < -0.3 is 40.7 Å². The van der Waals surface area contributed by atoms with E-state index in [1.54, 1.807) is 22.6 Å². The second kappa shape index (κ2) is 7.57. The zero-order chi connectivity index (χ0) is 20.1. The molecule has 0 aliphatic carbocycles. The number of alkyl halides is 1. The van der Waals surface area contributed by atoms with Gasteiger partial charge in [0.05, 0.1) is 13.2 Å². The summed E-state index contributed by atoms with van der Waals surface area (Å²) in [5.74, 6) is -0.145. The van der Waals surface area contributed by atoms with Crippen LogP contribution < -0.4 is 5.73 Å². The van der Waals surface area contributed by atoms with E-state index in [1.807, 2.05) is 0 Å². The minimum atomic E-state index is -2.15. The first-order chi connectivity index (χ1) is 12.7. The van der Waals surface area contributed by atoms with Crippen molar-refractivity contribution in [3.8, 4) is 0 Å². The van der Waals surface area contributed by atoms with Gasteiger partial charge in [0.15, 0.2) is 11.9 Å².